The Morgan fingerprint density at radius 2 is 1.82 bits per heavy atom. The zero-order valence-corrected chi connectivity index (χ0v) is 18.8. The average Bonchev–Trinajstić information content (AvgIpc) is 3.58. The second-order valence-corrected chi connectivity index (χ2v) is 7.82. The molecule has 0 aliphatic carbocycles. The first-order valence-electron chi connectivity index (χ1n) is 10.1. The molecule has 34 heavy (non-hydrogen) atoms. The van der Waals surface area contributed by atoms with E-state index in [1.165, 1.54) is 37.5 Å². The van der Waals surface area contributed by atoms with Gasteiger partial charge in [0.1, 0.15) is 29.1 Å². The molecule has 174 valence electrons. The fourth-order valence-electron chi connectivity index (χ4n) is 4.04. The van der Waals surface area contributed by atoms with Crippen LogP contribution in [0.5, 0.6) is 23.0 Å². The first-order valence-corrected chi connectivity index (χ1v) is 10.5. The molecule has 3 aromatic rings. The van der Waals surface area contributed by atoms with Crippen LogP contribution >= 0.6 is 11.6 Å². The number of furan rings is 1. The number of hydrogen-bond donors (Lipinski definition) is 1. The van der Waals surface area contributed by atoms with Crippen LogP contribution in [0.25, 0.3) is 5.76 Å². The summed E-state index contributed by atoms with van der Waals surface area (Å²) in [6.07, 6.45) is 1.42. The van der Waals surface area contributed by atoms with Crippen LogP contribution in [0.4, 0.5) is 5.69 Å². The van der Waals surface area contributed by atoms with Gasteiger partial charge in [0.2, 0.25) is 6.79 Å². The summed E-state index contributed by atoms with van der Waals surface area (Å²) >= 11 is 6.19. The number of ether oxygens (including phenoxy) is 4. The van der Waals surface area contributed by atoms with Gasteiger partial charge in [0, 0.05) is 17.8 Å². The SMILES string of the molecule is COc1cc(/C(O)=C2\C(=O)C(=O)N(c3ccc4c(c3)OCO4)C2c2ccco2)c(OC)cc1Cl. The van der Waals surface area contributed by atoms with Crippen LogP contribution in [0.2, 0.25) is 5.02 Å². The van der Waals surface area contributed by atoms with Gasteiger partial charge in [-0.25, -0.2) is 0 Å². The lowest BCUT2D eigenvalue weighted by Crippen LogP contribution is -2.29. The van der Waals surface area contributed by atoms with Gasteiger partial charge in [-0.1, -0.05) is 11.6 Å². The van der Waals surface area contributed by atoms with E-state index in [9.17, 15) is 14.7 Å². The number of halogens is 1. The van der Waals surface area contributed by atoms with E-state index in [1.807, 2.05) is 0 Å². The summed E-state index contributed by atoms with van der Waals surface area (Å²) in [5.74, 6) is -0.531. The van der Waals surface area contributed by atoms with Crippen molar-refractivity contribution in [1.29, 1.82) is 0 Å². The summed E-state index contributed by atoms with van der Waals surface area (Å²) < 4.78 is 26.9. The Morgan fingerprint density at radius 3 is 2.53 bits per heavy atom. The molecular formula is C24H18ClNO8. The Hall–Kier alpha value is -4.11. The minimum atomic E-state index is -1.05. The van der Waals surface area contributed by atoms with Crippen molar-refractivity contribution in [3.63, 3.8) is 0 Å². The second-order valence-electron chi connectivity index (χ2n) is 7.41. The molecule has 1 aromatic heterocycles. The summed E-state index contributed by atoms with van der Waals surface area (Å²) in [5, 5.41) is 11.6. The van der Waals surface area contributed by atoms with Gasteiger partial charge in [-0.05, 0) is 30.3 Å². The molecule has 1 atom stereocenters. The number of carbonyl (C=O) groups is 2. The molecule has 0 spiro atoms. The third-order valence-corrected chi connectivity index (χ3v) is 5.92. The zero-order chi connectivity index (χ0) is 24.0. The molecule has 2 aliphatic rings. The molecule has 0 radical (unpaired) electrons. The summed E-state index contributed by atoms with van der Waals surface area (Å²) in [4.78, 5) is 27.7. The molecule has 1 amide bonds. The molecule has 10 heteroatoms. The first-order chi connectivity index (χ1) is 16.4. The van der Waals surface area contributed by atoms with Crippen molar-refractivity contribution in [3.05, 3.63) is 70.6 Å². The van der Waals surface area contributed by atoms with E-state index in [2.05, 4.69) is 0 Å². The van der Waals surface area contributed by atoms with E-state index >= 15 is 0 Å². The van der Waals surface area contributed by atoms with Crippen molar-refractivity contribution in [3.8, 4) is 23.0 Å². The van der Waals surface area contributed by atoms with Gasteiger partial charge >= 0.3 is 0 Å². The van der Waals surface area contributed by atoms with E-state index < -0.39 is 23.5 Å². The average molecular weight is 484 g/mol. The summed E-state index contributed by atoms with van der Waals surface area (Å²) in [6, 6.07) is 9.93. The highest BCUT2D eigenvalue weighted by Crippen LogP contribution is 2.46. The topological polar surface area (TPSA) is 108 Å². The standard InChI is InChI=1S/C24H18ClNO8/c1-30-17-10-14(25)18(31-2)9-13(17)22(27)20-21(16-4-3-7-32-16)26(24(29)23(20)28)12-5-6-15-19(8-12)34-11-33-15/h3-10,21,27H,11H2,1-2H3/b22-20+. The van der Waals surface area contributed by atoms with E-state index in [0.717, 1.165) is 0 Å². The predicted molar refractivity (Wildman–Crippen MR) is 121 cm³/mol. The number of aliphatic hydroxyl groups is 1. The molecule has 2 aliphatic heterocycles. The number of Topliss-reactive ketones (excluding diaryl/α,β-unsaturated/α-hetero) is 1. The first kappa shape index (κ1) is 21.7. The van der Waals surface area contributed by atoms with Crippen molar-refractivity contribution in [2.24, 2.45) is 0 Å². The number of anilines is 1. The number of nitrogens with zero attached hydrogens (tertiary/aromatic N) is 1. The fourth-order valence-corrected chi connectivity index (χ4v) is 4.27. The van der Waals surface area contributed by atoms with E-state index in [4.69, 9.17) is 35.0 Å². The molecule has 1 fully saturated rings. The fraction of sp³-hybridized carbons (Fsp3) is 0.167. The number of hydrogen-bond acceptors (Lipinski definition) is 8. The normalized spacial score (nSPS) is 18.4. The molecule has 5 rings (SSSR count). The minimum Gasteiger partial charge on any atom is -0.507 e. The number of aliphatic hydroxyl groups excluding tert-OH is 1. The van der Waals surface area contributed by atoms with E-state index in [0.29, 0.717) is 17.2 Å². The maximum atomic E-state index is 13.3. The molecule has 1 N–H and O–H groups in total. The molecule has 1 unspecified atom stereocenters. The van der Waals surface area contributed by atoms with Crippen LogP contribution in [0, 0.1) is 0 Å². The highest BCUT2D eigenvalue weighted by molar-refractivity contribution is 6.51. The molecule has 1 saturated heterocycles. The summed E-state index contributed by atoms with van der Waals surface area (Å²) in [6.45, 7) is 0.0530. The van der Waals surface area contributed by atoms with Crippen LogP contribution in [-0.4, -0.2) is 37.8 Å². The van der Waals surface area contributed by atoms with Crippen LogP contribution in [0.1, 0.15) is 17.4 Å². The highest BCUT2D eigenvalue weighted by atomic mass is 35.5. The number of carbonyl (C=O) groups excluding carboxylic acids is 2. The smallest absolute Gasteiger partial charge is 0.300 e. The summed E-state index contributed by atoms with van der Waals surface area (Å²) in [7, 11) is 2.81. The number of methoxy groups -OCH3 is 2. The van der Waals surface area contributed by atoms with Crippen LogP contribution in [0.15, 0.2) is 58.7 Å². The highest BCUT2D eigenvalue weighted by Gasteiger charge is 2.49. The third-order valence-electron chi connectivity index (χ3n) is 5.62. The van der Waals surface area contributed by atoms with Crippen LogP contribution < -0.4 is 23.8 Å². The van der Waals surface area contributed by atoms with E-state index in [1.54, 1.807) is 30.3 Å². The van der Waals surface area contributed by atoms with Crippen LogP contribution in [-0.2, 0) is 9.59 Å². The van der Waals surface area contributed by atoms with Crippen molar-refractivity contribution in [2.45, 2.75) is 6.04 Å². The molecular weight excluding hydrogens is 466 g/mol. The molecule has 0 bridgehead atoms. The van der Waals surface area contributed by atoms with E-state index in [-0.39, 0.29) is 40.2 Å². The minimum absolute atomic E-state index is 0.0530. The second kappa shape index (κ2) is 8.35. The number of fused-ring (bicyclic) bond motifs is 1. The number of ketones is 1. The lowest BCUT2D eigenvalue weighted by molar-refractivity contribution is -0.132. The van der Waals surface area contributed by atoms with Crippen molar-refractivity contribution < 1.29 is 38.1 Å². The van der Waals surface area contributed by atoms with Gasteiger partial charge in [-0.15, -0.1) is 0 Å². The van der Waals surface area contributed by atoms with Crippen molar-refractivity contribution >= 4 is 34.7 Å². The largest absolute Gasteiger partial charge is 0.507 e. The maximum absolute atomic E-state index is 13.3. The van der Waals surface area contributed by atoms with Gasteiger partial charge in [-0.2, -0.15) is 0 Å². The van der Waals surface area contributed by atoms with Gasteiger partial charge in [0.05, 0.1) is 36.6 Å². The molecule has 2 aromatic carbocycles. The Balaban J connectivity index is 1.72. The molecule has 0 saturated carbocycles. The third kappa shape index (κ3) is 3.32. The Bertz CT molecular complexity index is 1330. The number of rotatable bonds is 5. The predicted octanol–water partition coefficient (Wildman–Crippen LogP) is 4.31. The molecule has 9 nitrogen and oxygen atoms in total. The van der Waals surface area contributed by atoms with Gasteiger partial charge in [0.25, 0.3) is 11.7 Å². The molecule has 3 heterocycles. The lowest BCUT2D eigenvalue weighted by Gasteiger charge is -2.23. The maximum Gasteiger partial charge on any atom is 0.300 e. The van der Waals surface area contributed by atoms with Crippen LogP contribution in [0.3, 0.4) is 0 Å². The lowest BCUT2D eigenvalue weighted by atomic mass is 9.98. The Morgan fingerprint density at radius 1 is 1.06 bits per heavy atom. The number of benzene rings is 2. The van der Waals surface area contributed by atoms with Gasteiger partial charge < -0.3 is 28.5 Å². The van der Waals surface area contributed by atoms with Gasteiger partial charge in [0.15, 0.2) is 11.5 Å². The van der Waals surface area contributed by atoms with Crippen molar-refractivity contribution in [2.75, 3.05) is 25.9 Å². The quantitative estimate of drug-likeness (QED) is 0.325. The van der Waals surface area contributed by atoms with Gasteiger partial charge in [-0.3, -0.25) is 14.5 Å². The Kier molecular flexibility index (Phi) is 5.33. The van der Waals surface area contributed by atoms with Crippen molar-refractivity contribution in [1.82, 2.24) is 0 Å². The Labute approximate surface area is 198 Å². The zero-order valence-electron chi connectivity index (χ0n) is 18.0. The monoisotopic (exact) mass is 483 g/mol. The number of amides is 1. The summed E-state index contributed by atoms with van der Waals surface area (Å²) in [5.41, 5.74) is 0.316.